The Labute approximate surface area is 69.8 Å². The summed E-state index contributed by atoms with van der Waals surface area (Å²) in [7, 11) is 0. The van der Waals surface area contributed by atoms with E-state index in [0.29, 0.717) is 5.54 Å². The predicted molar refractivity (Wildman–Crippen MR) is 47.5 cm³/mol. The Hall–Kier alpha value is -0.0400. The molecule has 1 nitrogen and oxygen atoms in total. The number of likely N-dealkylation sites (tertiary alicyclic amines) is 1. The molecule has 1 saturated carbocycles. The van der Waals surface area contributed by atoms with Crippen LogP contribution in [-0.2, 0) is 0 Å². The lowest BCUT2D eigenvalue weighted by Gasteiger charge is -2.30. The van der Waals surface area contributed by atoms with Crippen LogP contribution < -0.4 is 0 Å². The summed E-state index contributed by atoms with van der Waals surface area (Å²) in [5, 5.41) is 0. The second-order valence-electron chi connectivity index (χ2n) is 4.42. The number of hydrogen-bond acceptors (Lipinski definition) is 1. The maximum atomic E-state index is 2.70. The summed E-state index contributed by atoms with van der Waals surface area (Å²) in [6.45, 7) is 9.68. The summed E-state index contributed by atoms with van der Waals surface area (Å²) in [5.41, 5.74) is 0.661. The molecule has 11 heavy (non-hydrogen) atoms. The third kappa shape index (κ3) is 0.807. The van der Waals surface area contributed by atoms with Gasteiger partial charge in [-0.05, 0) is 37.8 Å². The molecule has 1 heterocycles. The van der Waals surface area contributed by atoms with Gasteiger partial charge in [-0.25, -0.2) is 0 Å². The van der Waals surface area contributed by atoms with Crippen LogP contribution in [-0.4, -0.2) is 23.5 Å². The van der Waals surface area contributed by atoms with E-state index in [1.54, 1.807) is 0 Å². The van der Waals surface area contributed by atoms with E-state index >= 15 is 0 Å². The predicted octanol–water partition coefficient (Wildman–Crippen LogP) is 2.13. The minimum atomic E-state index is 0.661. The highest BCUT2D eigenvalue weighted by atomic mass is 15.3. The summed E-state index contributed by atoms with van der Waals surface area (Å²) in [4.78, 5) is 2.70. The van der Waals surface area contributed by atoms with Gasteiger partial charge in [-0.15, -0.1) is 0 Å². The normalized spacial score (nSPS) is 43.1. The first-order valence-corrected chi connectivity index (χ1v) is 4.97. The van der Waals surface area contributed by atoms with Gasteiger partial charge < -0.3 is 0 Å². The molecule has 1 saturated heterocycles. The Kier molecular flexibility index (Phi) is 1.54. The van der Waals surface area contributed by atoms with Crippen LogP contribution in [0.3, 0.4) is 0 Å². The Morgan fingerprint density at radius 2 is 2.27 bits per heavy atom. The number of hydrogen-bond donors (Lipinski definition) is 0. The van der Waals surface area contributed by atoms with Crippen molar-refractivity contribution in [3.05, 3.63) is 0 Å². The van der Waals surface area contributed by atoms with Gasteiger partial charge in [0.25, 0.3) is 0 Å². The van der Waals surface area contributed by atoms with Crippen molar-refractivity contribution >= 4 is 0 Å². The summed E-state index contributed by atoms with van der Waals surface area (Å²) in [6, 6.07) is 0. The Morgan fingerprint density at radius 1 is 1.55 bits per heavy atom. The molecule has 0 aromatic carbocycles. The lowest BCUT2D eigenvalue weighted by molar-refractivity contribution is 0.171. The van der Waals surface area contributed by atoms with Crippen LogP contribution in [0.5, 0.6) is 0 Å². The number of fused-ring (bicyclic) bond motifs is 1. The second kappa shape index (κ2) is 2.22. The highest BCUT2D eigenvalue weighted by molar-refractivity contribution is 5.17. The average molecular weight is 153 g/mol. The zero-order valence-corrected chi connectivity index (χ0v) is 7.93. The molecule has 64 valence electrons. The molecule has 0 bridgehead atoms. The molecule has 1 aliphatic heterocycles. The van der Waals surface area contributed by atoms with E-state index in [4.69, 9.17) is 0 Å². The molecule has 0 radical (unpaired) electrons. The van der Waals surface area contributed by atoms with Crippen molar-refractivity contribution in [3.8, 4) is 0 Å². The van der Waals surface area contributed by atoms with E-state index in [-0.39, 0.29) is 0 Å². The number of rotatable bonds is 2. The van der Waals surface area contributed by atoms with Crippen LogP contribution in [0.15, 0.2) is 0 Å². The quantitative estimate of drug-likeness (QED) is 0.587. The standard InChI is InChI=1S/C10H19N/c1-4-11-6-5-9-7-10(9,11)8(2)3/h8-9H,4-7H2,1-3H3. The third-order valence-electron chi connectivity index (χ3n) is 3.84. The Morgan fingerprint density at radius 3 is 2.64 bits per heavy atom. The average Bonchev–Trinajstić information content (AvgIpc) is 2.60. The van der Waals surface area contributed by atoms with Crippen molar-refractivity contribution in [2.75, 3.05) is 13.1 Å². The first-order chi connectivity index (χ1) is 5.21. The zero-order valence-electron chi connectivity index (χ0n) is 7.93. The third-order valence-corrected chi connectivity index (χ3v) is 3.84. The molecule has 2 rings (SSSR count). The van der Waals surface area contributed by atoms with Crippen molar-refractivity contribution in [1.29, 1.82) is 0 Å². The van der Waals surface area contributed by atoms with Crippen molar-refractivity contribution in [2.24, 2.45) is 11.8 Å². The van der Waals surface area contributed by atoms with E-state index in [1.165, 1.54) is 25.9 Å². The maximum Gasteiger partial charge on any atom is 0.0265 e. The summed E-state index contributed by atoms with van der Waals surface area (Å²) >= 11 is 0. The first kappa shape index (κ1) is 7.60. The fraction of sp³-hybridized carbons (Fsp3) is 1.00. The van der Waals surface area contributed by atoms with E-state index < -0.39 is 0 Å². The fourth-order valence-corrected chi connectivity index (χ4v) is 3.12. The zero-order chi connectivity index (χ0) is 8.06. The monoisotopic (exact) mass is 153 g/mol. The molecular weight excluding hydrogens is 134 g/mol. The molecular formula is C10H19N. The number of piperidine rings is 1. The van der Waals surface area contributed by atoms with Gasteiger partial charge in [-0.1, -0.05) is 20.8 Å². The van der Waals surface area contributed by atoms with Crippen LogP contribution >= 0.6 is 0 Å². The van der Waals surface area contributed by atoms with E-state index in [9.17, 15) is 0 Å². The molecule has 2 atom stereocenters. The highest BCUT2D eigenvalue weighted by Crippen LogP contribution is 2.59. The van der Waals surface area contributed by atoms with Crippen LogP contribution in [0.4, 0.5) is 0 Å². The smallest absolute Gasteiger partial charge is 0.0265 e. The van der Waals surface area contributed by atoms with E-state index in [1.807, 2.05) is 0 Å². The van der Waals surface area contributed by atoms with Crippen molar-refractivity contribution in [3.63, 3.8) is 0 Å². The maximum absolute atomic E-state index is 2.70. The molecule has 2 unspecified atom stereocenters. The molecule has 0 spiro atoms. The van der Waals surface area contributed by atoms with Gasteiger partial charge >= 0.3 is 0 Å². The van der Waals surface area contributed by atoms with Crippen molar-refractivity contribution in [2.45, 2.75) is 39.2 Å². The van der Waals surface area contributed by atoms with Crippen LogP contribution in [0, 0.1) is 11.8 Å². The lowest BCUT2D eigenvalue weighted by atomic mass is 9.99. The SMILES string of the molecule is CCN1CCC2CC21C(C)C. The lowest BCUT2D eigenvalue weighted by Crippen LogP contribution is -2.38. The largest absolute Gasteiger partial charge is 0.297 e. The molecule has 0 amide bonds. The summed E-state index contributed by atoms with van der Waals surface area (Å²) < 4.78 is 0. The first-order valence-electron chi connectivity index (χ1n) is 4.97. The molecule has 0 aromatic rings. The van der Waals surface area contributed by atoms with Crippen LogP contribution in [0.1, 0.15) is 33.6 Å². The van der Waals surface area contributed by atoms with Crippen LogP contribution in [0.25, 0.3) is 0 Å². The van der Waals surface area contributed by atoms with Gasteiger partial charge in [0, 0.05) is 5.54 Å². The van der Waals surface area contributed by atoms with Crippen molar-refractivity contribution in [1.82, 2.24) is 4.90 Å². The molecule has 0 N–H and O–H groups in total. The molecule has 2 fully saturated rings. The van der Waals surface area contributed by atoms with Gasteiger partial charge in [0.2, 0.25) is 0 Å². The summed E-state index contributed by atoms with van der Waals surface area (Å²) in [5.74, 6) is 1.93. The Balaban J connectivity index is 2.13. The van der Waals surface area contributed by atoms with Gasteiger partial charge in [-0.2, -0.15) is 0 Å². The molecule has 1 heteroatoms. The molecule has 2 aliphatic rings. The van der Waals surface area contributed by atoms with Gasteiger partial charge in [0.15, 0.2) is 0 Å². The van der Waals surface area contributed by atoms with E-state index in [0.717, 1.165) is 11.8 Å². The van der Waals surface area contributed by atoms with Gasteiger partial charge in [-0.3, -0.25) is 4.90 Å². The van der Waals surface area contributed by atoms with E-state index in [2.05, 4.69) is 25.7 Å². The van der Waals surface area contributed by atoms with Gasteiger partial charge in [0.1, 0.15) is 0 Å². The minimum Gasteiger partial charge on any atom is -0.297 e. The molecule has 0 aromatic heterocycles. The highest BCUT2D eigenvalue weighted by Gasteiger charge is 2.62. The number of nitrogens with zero attached hydrogens (tertiary/aromatic N) is 1. The van der Waals surface area contributed by atoms with Gasteiger partial charge in [0.05, 0.1) is 0 Å². The minimum absolute atomic E-state index is 0.661. The van der Waals surface area contributed by atoms with Crippen LogP contribution in [0.2, 0.25) is 0 Å². The fourth-order valence-electron chi connectivity index (χ4n) is 3.12. The topological polar surface area (TPSA) is 3.24 Å². The van der Waals surface area contributed by atoms with Crippen molar-refractivity contribution < 1.29 is 0 Å². The Bertz CT molecular complexity index is 160. The summed E-state index contributed by atoms with van der Waals surface area (Å²) in [6.07, 6.45) is 2.95. The second-order valence-corrected chi connectivity index (χ2v) is 4.42. The molecule has 1 aliphatic carbocycles.